The Labute approximate surface area is 261 Å². The summed E-state index contributed by atoms with van der Waals surface area (Å²) in [5.74, 6) is 0. The van der Waals surface area contributed by atoms with Gasteiger partial charge in [0.2, 0.25) is 0 Å². The third-order valence-corrected chi connectivity index (χ3v) is 6.61. The summed E-state index contributed by atoms with van der Waals surface area (Å²) in [4.78, 5) is 0. The van der Waals surface area contributed by atoms with Crippen LogP contribution in [0, 0.1) is 27.7 Å². The molecule has 0 fully saturated rings. The van der Waals surface area contributed by atoms with E-state index in [9.17, 15) is 0 Å². The number of hydrogen-bond donors (Lipinski definition) is 0. The molecule has 0 saturated carbocycles. The zero-order chi connectivity index (χ0) is 29.1. The fraction of sp³-hybridized carbons (Fsp3) is 0.167. The van der Waals surface area contributed by atoms with Crippen molar-refractivity contribution in [3.05, 3.63) is 131 Å². The van der Waals surface area contributed by atoms with Gasteiger partial charge < -0.3 is 0 Å². The molecule has 0 aliphatic heterocycles. The molecule has 6 aromatic carbocycles. The van der Waals surface area contributed by atoms with Crippen LogP contribution in [0.4, 0.5) is 0 Å². The molecule has 0 heterocycles. The van der Waals surface area contributed by atoms with Gasteiger partial charge in [-0.25, -0.2) is 0 Å². The predicted octanol–water partition coefficient (Wildman–Crippen LogP) is 11.8. The van der Waals surface area contributed by atoms with E-state index >= 15 is 0 Å². The first-order chi connectivity index (χ1) is 19.3. The minimum atomic E-state index is -0.826. The molecule has 0 aromatic heterocycles. The second-order valence-corrected chi connectivity index (χ2v) is 14.6. The normalized spacial score (nSPS) is 10.0. The van der Waals surface area contributed by atoms with E-state index in [1.165, 1.54) is 66.1 Å². The van der Waals surface area contributed by atoms with Crippen molar-refractivity contribution in [2.75, 3.05) is 0 Å². The van der Waals surface area contributed by atoms with Gasteiger partial charge in [-0.05, 0) is 25.0 Å². The quantitative estimate of drug-likeness (QED) is 0.128. The number of fused-ring (bicyclic) bond motifs is 2. The van der Waals surface area contributed by atoms with Crippen LogP contribution in [0.25, 0.3) is 43.8 Å². The third-order valence-electron chi connectivity index (χ3n) is 6.61. The monoisotopic (exact) mass is 656 g/mol. The average molecular weight is 659 g/mol. The van der Waals surface area contributed by atoms with Gasteiger partial charge in [0.25, 0.3) is 0 Å². The molecule has 0 nitrogen and oxygen atoms in total. The summed E-state index contributed by atoms with van der Waals surface area (Å²) in [6, 6.07) is 39.2. The summed E-state index contributed by atoms with van der Waals surface area (Å²) in [5, 5.41) is 5.42. The molecule has 0 aliphatic carbocycles. The molecule has 0 unspecified atom stereocenters. The van der Waals surface area contributed by atoms with Crippen LogP contribution in [-0.4, -0.2) is 9.52 Å². The van der Waals surface area contributed by atoms with Gasteiger partial charge in [0.1, 0.15) is 0 Å². The van der Waals surface area contributed by atoms with E-state index in [1.54, 1.807) is 0 Å². The Kier molecular flexibility index (Phi) is 13.1. The molecule has 6 rings (SSSR count). The van der Waals surface area contributed by atoms with Gasteiger partial charge in [0, 0.05) is 9.52 Å². The number of hydrogen-bond acceptors (Lipinski definition) is 0. The van der Waals surface area contributed by atoms with E-state index in [0.717, 1.165) is 9.52 Å². The Morgan fingerprint density at radius 2 is 0.875 bits per heavy atom. The number of benzene rings is 4. The number of halogens is 2. The van der Waals surface area contributed by atoms with Crippen LogP contribution >= 0.6 is 17.0 Å². The molecule has 0 aliphatic rings. The zero-order valence-electron chi connectivity index (χ0n) is 24.1. The molecule has 6 aromatic rings. The topological polar surface area (TPSA) is 0 Å². The average Bonchev–Trinajstić information content (AvgIpc) is 3.51. The van der Waals surface area contributed by atoms with Crippen molar-refractivity contribution in [3.8, 4) is 22.3 Å². The van der Waals surface area contributed by atoms with Crippen LogP contribution in [0.3, 0.4) is 0 Å². The van der Waals surface area contributed by atoms with Crippen molar-refractivity contribution >= 4 is 48.1 Å². The Morgan fingerprint density at radius 3 is 1.20 bits per heavy atom. The van der Waals surface area contributed by atoms with Gasteiger partial charge in [-0.15, -0.1) is 69.1 Å². The van der Waals surface area contributed by atoms with E-state index in [-0.39, 0.29) is 0 Å². The summed E-state index contributed by atoms with van der Waals surface area (Å²) >= 11 is -0.826. The maximum absolute atomic E-state index is 4.93. The summed E-state index contributed by atoms with van der Waals surface area (Å²) in [6.07, 6.45) is 0. The van der Waals surface area contributed by atoms with E-state index in [1.807, 2.05) is 0 Å². The summed E-state index contributed by atoms with van der Waals surface area (Å²) in [6.45, 7) is 13.0. The Balaban J connectivity index is 0.000000185. The van der Waals surface area contributed by atoms with Gasteiger partial charge >= 0.3 is 37.9 Å². The Bertz CT molecular complexity index is 1490. The first-order valence-electron chi connectivity index (χ1n) is 13.3. The molecule has 0 bridgehead atoms. The molecule has 0 amide bonds. The Hall–Kier alpha value is -2.22. The fourth-order valence-electron chi connectivity index (χ4n) is 5.06. The van der Waals surface area contributed by atoms with Crippen molar-refractivity contribution in [2.45, 2.75) is 40.8 Å². The first-order valence-corrected chi connectivity index (χ1v) is 21.7. The SMILES string of the molecule is C[Si]C.Cc1cc2c(-c3ccccc3)c(C)ccc2[cH-]1.Cc1cc2c(-c3ccccc3)c(C)ccc2[cH-]1.[Cl][Zr+2][Cl]. The molecular weight excluding hydrogens is 623 g/mol. The number of rotatable bonds is 2. The van der Waals surface area contributed by atoms with Gasteiger partial charge in [-0.3, -0.25) is 0 Å². The van der Waals surface area contributed by atoms with E-state index in [2.05, 4.69) is 150 Å². The standard InChI is InChI=1S/2C17H15.C2H6Si.2ClH.Zr/c2*1-12-10-15-9-8-13(2)17(16(15)11-12)14-6-4-3-5-7-14;1-3-2;;;/h2*3-11H,1-2H3;1-2H3;2*1H;/q2*-1;;;;+4/p-2. The van der Waals surface area contributed by atoms with Crippen LogP contribution in [-0.2, 0) is 20.8 Å². The first kappa shape index (κ1) is 32.3. The van der Waals surface area contributed by atoms with Crippen LogP contribution in [0.2, 0.25) is 13.1 Å². The van der Waals surface area contributed by atoms with Gasteiger partial charge in [-0.2, -0.15) is 12.1 Å². The summed E-state index contributed by atoms with van der Waals surface area (Å²) < 4.78 is 0. The molecule has 0 N–H and O–H groups in total. The second kappa shape index (κ2) is 16.3. The Morgan fingerprint density at radius 1 is 0.550 bits per heavy atom. The van der Waals surface area contributed by atoms with E-state index in [4.69, 9.17) is 17.0 Å². The molecule has 202 valence electrons. The molecule has 0 saturated heterocycles. The van der Waals surface area contributed by atoms with Crippen molar-refractivity contribution in [3.63, 3.8) is 0 Å². The van der Waals surface area contributed by atoms with Gasteiger partial charge in [-0.1, -0.05) is 110 Å². The van der Waals surface area contributed by atoms with Crippen molar-refractivity contribution in [2.24, 2.45) is 0 Å². The molecule has 0 atom stereocenters. The number of aryl methyl sites for hydroxylation is 4. The zero-order valence-corrected chi connectivity index (χ0v) is 29.1. The summed E-state index contributed by atoms with van der Waals surface area (Å²) in [7, 11) is 11.0. The third kappa shape index (κ3) is 8.40. The minimum absolute atomic E-state index is 0.826. The van der Waals surface area contributed by atoms with Gasteiger partial charge in [0.15, 0.2) is 0 Å². The van der Waals surface area contributed by atoms with Crippen LogP contribution < -0.4 is 0 Å². The van der Waals surface area contributed by atoms with Crippen molar-refractivity contribution in [1.82, 2.24) is 0 Å². The van der Waals surface area contributed by atoms with E-state index in [0.29, 0.717) is 0 Å². The molecule has 2 radical (unpaired) electrons. The maximum atomic E-state index is 4.93. The van der Waals surface area contributed by atoms with Crippen LogP contribution in [0.1, 0.15) is 22.3 Å². The second-order valence-electron chi connectivity index (χ2n) is 9.89. The van der Waals surface area contributed by atoms with Crippen molar-refractivity contribution in [1.29, 1.82) is 0 Å². The molecular formula is C36H36Cl2SiZr. The van der Waals surface area contributed by atoms with Gasteiger partial charge in [0.05, 0.1) is 0 Å². The van der Waals surface area contributed by atoms with Crippen LogP contribution in [0.15, 0.2) is 109 Å². The predicted molar refractivity (Wildman–Crippen MR) is 178 cm³/mol. The van der Waals surface area contributed by atoms with E-state index < -0.39 is 20.8 Å². The fourth-order valence-corrected chi connectivity index (χ4v) is 5.06. The molecule has 0 spiro atoms. The van der Waals surface area contributed by atoms with Crippen molar-refractivity contribution < 1.29 is 20.8 Å². The molecule has 4 heteroatoms. The molecule has 40 heavy (non-hydrogen) atoms. The van der Waals surface area contributed by atoms with Crippen LogP contribution in [0.5, 0.6) is 0 Å². The summed E-state index contributed by atoms with van der Waals surface area (Å²) in [5.41, 5.74) is 10.7.